The third-order valence-electron chi connectivity index (χ3n) is 4.19. The molecule has 4 N–H and O–H groups in total. The van der Waals surface area contributed by atoms with Crippen molar-refractivity contribution >= 4 is 47.2 Å². The number of fused-ring (bicyclic) bond motifs is 1. The number of rotatable bonds is 7. The summed E-state index contributed by atoms with van der Waals surface area (Å²) < 4.78 is 10.9. The molecule has 0 saturated carbocycles. The molecule has 0 unspecified atom stereocenters. The van der Waals surface area contributed by atoms with Crippen LogP contribution in [-0.2, 0) is 22.6 Å². The van der Waals surface area contributed by atoms with E-state index >= 15 is 0 Å². The number of carbonyl (C=O) groups is 1. The van der Waals surface area contributed by atoms with E-state index in [1.807, 2.05) is 42.5 Å². The number of amides is 1. The van der Waals surface area contributed by atoms with Crippen LogP contribution >= 0.6 is 24.0 Å². The maximum atomic E-state index is 11.4. The summed E-state index contributed by atoms with van der Waals surface area (Å²) in [5.41, 5.74) is 9.79. The number of nitrogens with two attached hydrogens (primary N) is 1. The number of hydrogen-bond donors (Lipinski definition) is 3. The Hall–Kier alpha value is -2.33. The number of carbonyl (C=O) groups excluding carboxylic acids is 1. The highest BCUT2D eigenvalue weighted by molar-refractivity contribution is 14.0. The molecule has 1 amide bonds. The quantitative estimate of drug-likeness (QED) is 0.237. The molecule has 0 aromatic heterocycles. The Morgan fingerprint density at radius 1 is 1.25 bits per heavy atom. The van der Waals surface area contributed by atoms with Crippen LogP contribution in [-0.4, -0.2) is 32.1 Å². The smallest absolute Gasteiger partial charge is 0.224 e. The third kappa shape index (κ3) is 6.10. The van der Waals surface area contributed by atoms with Crippen molar-refractivity contribution < 1.29 is 14.3 Å². The minimum atomic E-state index is 0. The number of aryl methyl sites for hydroxylation is 1. The predicted molar refractivity (Wildman–Crippen MR) is 122 cm³/mol. The van der Waals surface area contributed by atoms with Crippen LogP contribution in [0.15, 0.2) is 47.5 Å². The molecule has 0 aliphatic carbocycles. The molecule has 0 saturated heterocycles. The molecule has 0 radical (unpaired) electrons. The molecule has 7 nitrogen and oxygen atoms in total. The van der Waals surface area contributed by atoms with Gasteiger partial charge < -0.3 is 25.8 Å². The van der Waals surface area contributed by atoms with Gasteiger partial charge in [0.2, 0.25) is 5.91 Å². The third-order valence-corrected chi connectivity index (χ3v) is 4.19. The van der Waals surface area contributed by atoms with E-state index < -0.39 is 0 Å². The highest BCUT2D eigenvalue weighted by Gasteiger charge is 2.14. The van der Waals surface area contributed by atoms with Gasteiger partial charge in [-0.25, -0.2) is 4.99 Å². The second-order valence-corrected chi connectivity index (χ2v) is 6.20. The average molecular weight is 496 g/mol. The topological polar surface area (TPSA) is 98.0 Å². The van der Waals surface area contributed by atoms with Crippen molar-refractivity contribution in [3.8, 4) is 5.75 Å². The van der Waals surface area contributed by atoms with Crippen molar-refractivity contribution in [2.24, 2.45) is 10.7 Å². The van der Waals surface area contributed by atoms with E-state index in [0.717, 1.165) is 34.7 Å². The van der Waals surface area contributed by atoms with E-state index in [1.54, 1.807) is 7.11 Å². The largest absolute Gasteiger partial charge is 0.492 e. The van der Waals surface area contributed by atoms with Crippen LogP contribution in [0.5, 0.6) is 5.75 Å². The molecule has 28 heavy (non-hydrogen) atoms. The van der Waals surface area contributed by atoms with E-state index in [1.165, 1.54) is 0 Å². The van der Waals surface area contributed by atoms with Crippen LogP contribution in [0, 0.1) is 0 Å². The van der Waals surface area contributed by atoms with Gasteiger partial charge in [-0.05, 0) is 36.2 Å². The lowest BCUT2D eigenvalue weighted by atomic mass is 10.0. The fourth-order valence-electron chi connectivity index (χ4n) is 2.88. The van der Waals surface area contributed by atoms with Gasteiger partial charge >= 0.3 is 0 Å². The molecule has 0 atom stereocenters. The lowest BCUT2D eigenvalue weighted by Gasteiger charge is -2.17. The number of ether oxygens (including phenoxy) is 2. The molecule has 1 aliphatic heterocycles. The molecule has 0 spiro atoms. The monoisotopic (exact) mass is 496 g/mol. The molecule has 0 fully saturated rings. The first-order chi connectivity index (χ1) is 13.2. The second kappa shape index (κ2) is 10.9. The second-order valence-electron chi connectivity index (χ2n) is 6.20. The van der Waals surface area contributed by atoms with E-state index in [-0.39, 0.29) is 29.9 Å². The zero-order valence-electron chi connectivity index (χ0n) is 15.7. The fraction of sp³-hybridized carbons (Fsp3) is 0.300. The SMILES string of the molecule is COCc1ccccc1NC(N)=NCCOc1ccc2c(c1)CCC(=O)N2.I. The van der Waals surface area contributed by atoms with Gasteiger partial charge in [0.1, 0.15) is 12.4 Å². The molecule has 1 aliphatic rings. The van der Waals surface area contributed by atoms with E-state index in [9.17, 15) is 4.79 Å². The summed E-state index contributed by atoms with van der Waals surface area (Å²) >= 11 is 0. The zero-order valence-corrected chi connectivity index (χ0v) is 18.1. The van der Waals surface area contributed by atoms with Gasteiger partial charge in [0.25, 0.3) is 0 Å². The van der Waals surface area contributed by atoms with Gasteiger partial charge in [0.05, 0.1) is 13.2 Å². The zero-order chi connectivity index (χ0) is 19.1. The first kappa shape index (κ1) is 22.0. The summed E-state index contributed by atoms with van der Waals surface area (Å²) in [5.74, 6) is 1.15. The number of benzene rings is 2. The summed E-state index contributed by atoms with van der Waals surface area (Å²) in [6.07, 6.45) is 1.24. The fourth-order valence-corrected chi connectivity index (χ4v) is 2.88. The number of nitrogens with one attached hydrogen (secondary N) is 2. The Morgan fingerprint density at radius 3 is 2.89 bits per heavy atom. The normalized spacial score (nSPS) is 13.2. The van der Waals surface area contributed by atoms with Gasteiger partial charge in [-0.15, -0.1) is 24.0 Å². The summed E-state index contributed by atoms with van der Waals surface area (Å²) in [5, 5.41) is 5.95. The Kier molecular flexibility index (Phi) is 8.52. The van der Waals surface area contributed by atoms with Gasteiger partial charge in [-0.3, -0.25) is 4.79 Å². The molecule has 1 heterocycles. The number of nitrogens with zero attached hydrogens (tertiary/aromatic N) is 1. The van der Waals surface area contributed by atoms with Gasteiger partial charge in [-0.2, -0.15) is 0 Å². The van der Waals surface area contributed by atoms with Crippen LogP contribution < -0.4 is 21.1 Å². The highest BCUT2D eigenvalue weighted by Crippen LogP contribution is 2.26. The Balaban J connectivity index is 0.00000280. The Labute approximate surface area is 181 Å². The summed E-state index contributed by atoms with van der Waals surface area (Å²) in [7, 11) is 1.65. The molecular formula is C20H25IN4O3. The van der Waals surface area contributed by atoms with Gasteiger partial charge in [0, 0.05) is 30.5 Å². The van der Waals surface area contributed by atoms with E-state index in [4.69, 9.17) is 15.2 Å². The first-order valence-electron chi connectivity index (χ1n) is 8.85. The van der Waals surface area contributed by atoms with Crippen molar-refractivity contribution in [2.75, 3.05) is 30.9 Å². The Bertz CT molecular complexity index is 842. The van der Waals surface area contributed by atoms with Crippen LogP contribution in [0.25, 0.3) is 0 Å². The first-order valence-corrected chi connectivity index (χ1v) is 8.85. The van der Waals surface area contributed by atoms with Crippen LogP contribution in [0.4, 0.5) is 11.4 Å². The number of aliphatic imine (C=N–C) groups is 1. The van der Waals surface area contributed by atoms with E-state index in [2.05, 4.69) is 15.6 Å². The molecule has 0 bridgehead atoms. The standard InChI is InChI=1S/C20H24N4O3.HI/c1-26-13-15-4-2-3-5-17(15)24-20(21)22-10-11-27-16-7-8-18-14(12-16)6-9-19(25)23-18;/h2-5,7-8,12H,6,9-11,13H2,1H3,(H,23,25)(H3,21,22,24);1H. The average Bonchev–Trinajstić information content (AvgIpc) is 2.67. The number of para-hydroxylation sites is 1. The van der Waals surface area contributed by atoms with Crippen LogP contribution in [0.3, 0.4) is 0 Å². The molecule has 8 heteroatoms. The van der Waals surface area contributed by atoms with E-state index in [0.29, 0.717) is 32.1 Å². The maximum absolute atomic E-state index is 11.4. The number of methoxy groups -OCH3 is 1. The summed E-state index contributed by atoms with van der Waals surface area (Å²) in [6.45, 7) is 1.34. The molecule has 150 valence electrons. The number of guanidine groups is 1. The summed E-state index contributed by atoms with van der Waals surface area (Å²) in [6, 6.07) is 13.5. The predicted octanol–water partition coefficient (Wildman–Crippen LogP) is 3.14. The highest BCUT2D eigenvalue weighted by atomic mass is 127. The molecule has 3 rings (SSSR count). The minimum Gasteiger partial charge on any atom is -0.492 e. The maximum Gasteiger partial charge on any atom is 0.224 e. The van der Waals surface area contributed by atoms with Crippen LogP contribution in [0.1, 0.15) is 17.5 Å². The van der Waals surface area contributed by atoms with Gasteiger partial charge in [0.15, 0.2) is 5.96 Å². The number of hydrogen-bond acceptors (Lipinski definition) is 4. The molecular weight excluding hydrogens is 471 g/mol. The van der Waals surface area contributed by atoms with Crippen molar-refractivity contribution in [1.82, 2.24) is 0 Å². The Morgan fingerprint density at radius 2 is 2.07 bits per heavy atom. The van der Waals surface area contributed by atoms with Crippen molar-refractivity contribution in [3.63, 3.8) is 0 Å². The number of halogens is 1. The summed E-state index contributed by atoms with van der Waals surface area (Å²) in [4.78, 5) is 15.7. The lowest BCUT2D eigenvalue weighted by Crippen LogP contribution is -2.24. The van der Waals surface area contributed by atoms with Gasteiger partial charge in [-0.1, -0.05) is 18.2 Å². The molecule has 2 aromatic rings. The minimum absolute atomic E-state index is 0. The molecule has 2 aromatic carbocycles. The van der Waals surface area contributed by atoms with Crippen molar-refractivity contribution in [2.45, 2.75) is 19.4 Å². The van der Waals surface area contributed by atoms with Crippen molar-refractivity contribution in [3.05, 3.63) is 53.6 Å². The lowest BCUT2D eigenvalue weighted by molar-refractivity contribution is -0.116. The number of anilines is 2. The van der Waals surface area contributed by atoms with Crippen LogP contribution in [0.2, 0.25) is 0 Å². The van der Waals surface area contributed by atoms with Crippen molar-refractivity contribution in [1.29, 1.82) is 0 Å².